The van der Waals surface area contributed by atoms with Crippen LogP contribution in [-0.2, 0) is 9.63 Å². The highest BCUT2D eigenvalue weighted by atomic mass is 16.7. The predicted molar refractivity (Wildman–Crippen MR) is 43.4 cm³/mol. The molecular formula is C9H8NO3-. The molecule has 0 saturated carbocycles. The van der Waals surface area contributed by atoms with E-state index in [-0.39, 0.29) is 0 Å². The number of rotatable bonds is 2. The Labute approximate surface area is 76.4 Å². The molecule has 4 nitrogen and oxygen atoms in total. The molecule has 0 aliphatic carbocycles. The van der Waals surface area contributed by atoms with Crippen molar-refractivity contribution in [3.63, 3.8) is 0 Å². The van der Waals surface area contributed by atoms with E-state index in [1.165, 1.54) is 5.06 Å². The Morgan fingerprint density at radius 2 is 2.46 bits per heavy atom. The normalized spacial score (nSPS) is 21.3. The topological polar surface area (TPSA) is 49.8 Å². The minimum absolute atomic E-state index is 0.559. The summed E-state index contributed by atoms with van der Waals surface area (Å²) >= 11 is 0. The van der Waals surface area contributed by atoms with Crippen molar-refractivity contribution in [3.8, 4) is 17.9 Å². The van der Waals surface area contributed by atoms with E-state index in [1.807, 2.05) is 5.92 Å². The van der Waals surface area contributed by atoms with Crippen molar-refractivity contribution in [1.82, 2.24) is 5.06 Å². The first-order valence-corrected chi connectivity index (χ1v) is 3.84. The van der Waals surface area contributed by atoms with Crippen LogP contribution in [0.5, 0.6) is 0 Å². The van der Waals surface area contributed by atoms with Crippen molar-refractivity contribution in [2.45, 2.75) is 18.9 Å². The van der Waals surface area contributed by atoms with Crippen LogP contribution in [0.15, 0.2) is 0 Å². The van der Waals surface area contributed by atoms with Crippen molar-refractivity contribution in [1.29, 1.82) is 0 Å². The number of carboxylic acid groups (broad SMARTS) is 1. The molecule has 0 aromatic rings. The van der Waals surface area contributed by atoms with Gasteiger partial charge in [0.1, 0.15) is 6.04 Å². The fourth-order valence-electron chi connectivity index (χ4n) is 1.20. The van der Waals surface area contributed by atoms with Crippen LogP contribution in [0.4, 0.5) is 0 Å². The zero-order valence-corrected chi connectivity index (χ0v) is 6.91. The molecule has 1 aliphatic heterocycles. The van der Waals surface area contributed by atoms with E-state index in [0.717, 1.165) is 6.42 Å². The Morgan fingerprint density at radius 1 is 1.69 bits per heavy atom. The summed E-state index contributed by atoms with van der Waals surface area (Å²) in [5.74, 6) is 3.07. The summed E-state index contributed by atoms with van der Waals surface area (Å²) in [6.45, 7) is 0.559. The standard InChI is InChI=1S/C9H8NO3/c1-2-3-7-13-10-6-4-5-8(10)9(11)12/h8H,4-6H2,(H,11,12)/q-1. The molecule has 0 aromatic heterocycles. The maximum Gasteiger partial charge on any atom is 0.324 e. The van der Waals surface area contributed by atoms with Gasteiger partial charge in [0.25, 0.3) is 0 Å². The number of carbonyl (C=O) groups is 1. The number of hydroxylamine groups is 2. The highest BCUT2D eigenvalue weighted by Gasteiger charge is 2.31. The number of carboxylic acids is 1. The second-order valence-corrected chi connectivity index (χ2v) is 2.58. The molecule has 0 bridgehead atoms. The highest BCUT2D eigenvalue weighted by molar-refractivity contribution is 5.73. The van der Waals surface area contributed by atoms with E-state index >= 15 is 0 Å². The third-order valence-electron chi connectivity index (χ3n) is 1.77. The summed E-state index contributed by atoms with van der Waals surface area (Å²) in [4.78, 5) is 15.4. The van der Waals surface area contributed by atoms with Crippen LogP contribution in [0.1, 0.15) is 12.8 Å². The lowest BCUT2D eigenvalue weighted by molar-refractivity contribution is -0.160. The third-order valence-corrected chi connectivity index (χ3v) is 1.77. The molecule has 13 heavy (non-hydrogen) atoms. The first-order chi connectivity index (χ1) is 6.25. The molecule has 4 heteroatoms. The molecule has 1 atom stereocenters. The smallest absolute Gasteiger partial charge is 0.324 e. The molecule has 1 aliphatic rings. The van der Waals surface area contributed by atoms with Gasteiger partial charge in [0, 0.05) is 12.7 Å². The van der Waals surface area contributed by atoms with Gasteiger partial charge in [-0.1, -0.05) is 0 Å². The quantitative estimate of drug-likeness (QED) is 0.478. The van der Waals surface area contributed by atoms with Crippen LogP contribution in [0.25, 0.3) is 0 Å². The van der Waals surface area contributed by atoms with Gasteiger partial charge in [0.15, 0.2) is 0 Å². The Hall–Kier alpha value is -1.65. The van der Waals surface area contributed by atoms with Crippen LogP contribution in [0.3, 0.4) is 0 Å². The molecule has 1 unspecified atom stereocenters. The lowest BCUT2D eigenvalue weighted by Crippen LogP contribution is -2.34. The molecule has 0 spiro atoms. The Balaban J connectivity index is 2.50. The average Bonchev–Trinajstić information content (AvgIpc) is 2.53. The highest BCUT2D eigenvalue weighted by Crippen LogP contribution is 2.16. The average molecular weight is 178 g/mol. The van der Waals surface area contributed by atoms with Crippen LogP contribution in [0.2, 0.25) is 0 Å². The SMILES string of the molecule is [C-]#CC#CON1CCCC1C(=O)O. The first-order valence-electron chi connectivity index (χ1n) is 3.84. The maximum absolute atomic E-state index is 10.6. The summed E-state index contributed by atoms with van der Waals surface area (Å²) in [5.41, 5.74) is 0. The summed E-state index contributed by atoms with van der Waals surface area (Å²) in [6.07, 6.45) is 10.0. The molecule has 0 radical (unpaired) electrons. The molecule has 0 amide bonds. The Bertz CT molecular complexity index is 294. The minimum atomic E-state index is -0.905. The monoisotopic (exact) mass is 178 g/mol. The summed E-state index contributed by atoms with van der Waals surface area (Å²) in [5, 5.41) is 10.0. The molecule has 1 rings (SSSR count). The predicted octanol–water partition coefficient (Wildman–Crippen LogP) is 0.0177. The lowest BCUT2D eigenvalue weighted by atomic mass is 10.2. The van der Waals surface area contributed by atoms with Gasteiger partial charge in [-0.05, 0) is 12.8 Å². The Morgan fingerprint density at radius 3 is 3.08 bits per heavy atom. The first kappa shape index (κ1) is 9.44. The van der Waals surface area contributed by atoms with E-state index in [1.54, 1.807) is 0 Å². The van der Waals surface area contributed by atoms with Crippen molar-refractivity contribution in [2.24, 2.45) is 0 Å². The number of nitrogens with zero attached hydrogens (tertiary/aromatic N) is 1. The Kier molecular flexibility index (Phi) is 3.19. The number of aliphatic carboxylic acids is 1. The van der Waals surface area contributed by atoms with Crippen LogP contribution in [-0.4, -0.2) is 28.7 Å². The van der Waals surface area contributed by atoms with Gasteiger partial charge in [-0.25, -0.2) is 5.92 Å². The van der Waals surface area contributed by atoms with Crippen molar-refractivity contribution >= 4 is 5.97 Å². The van der Waals surface area contributed by atoms with Gasteiger partial charge < -0.3 is 16.4 Å². The maximum atomic E-state index is 10.6. The zero-order chi connectivity index (χ0) is 9.68. The van der Waals surface area contributed by atoms with E-state index in [9.17, 15) is 4.79 Å². The number of hydrogen-bond donors (Lipinski definition) is 1. The summed E-state index contributed by atoms with van der Waals surface area (Å²) in [7, 11) is 0. The fourth-order valence-corrected chi connectivity index (χ4v) is 1.20. The van der Waals surface area contributed by atoms with Crippen LogP contribution < -0.4 is 0 Å². The van der Waals surface area contributed by atoms with Crippen molar-refractivity contribution < 1.29 is 14.7 Å². The number of hydrogen-bond acceptors (Lipinski definition) is 3. The second-order valence-electron chi connectivity index (χ2n) is 2.58. The second kappa shape index (κ2) is 4.39. The van der Waals surface area contributed by atoms with E-state index in [0.29, 0.717) is 13.0 Å². The van der Waals surface area contributed by atoms with E-state index in [4.69, 9.17) is 16.4 Å². The molecule has 1 N–H and O–H groups in total. The van der Waals surface area contributed by atoms with Crippen LogP contribution >= 0.6 is 0 Å². The summed E-state index contributed by atoms with van der Waals surface area (Å²) in [6, 6.07) is -0.611. The van der Waals surface area contributed by atoms with E-state index < -0.39 is 12.0 Å². The molecule has 68 valence electrons. The van der Waals surface area contributed by atoms with Crippen molar-refractivity contribution in [3.05, 3.63) is 6.42 Å². The molecule has 0 aromatic carbocycles. The van der Waals surface area contributed by atoms with Gasteiger partial charge in [-0.3, -0.25) is 10.7 Å². The molecule has 1 fully saturated rings. The molecule has 1 saturated heterocycles. The zero-order valence-electron chi connectivity index (χ0n) is 6.91. The summed E-state index contributed by atoms with van der Waals surface area (Å²) < 4.78 is 0. The molecular weight excluding hydrogens is 170 g/mol. The third kappa shape index (κ3) is 2.40. The van der Waals surface area contributed by atoms with Gasteiger partial charge in [-0.2, -0.15) is 0 Å². The van der Waals surface area contributed by atoms with Crippen molar-refractivity contribution in [2.75, 3.05) is 6.54 Å². The van der Waals surface area contributed by atoms with Crippen LogP contribution in [0, 0.1) is 24.4 Å². The fraction of sp³-hybridized carbons (Fsp3) is 0.444. The van der Waals surface area contributed by atoms with Gasteiger partial charge in [-0.15, -0.1) is 5.06 Å². The largest absolute Gasteiger partial charge is 0.480 e. The lowest BCUT2D eigenvalue weighted by Gasteiger charge is -2.17. The molecule has 1 heterocycles. The minimum Gasteiger partial charge on any atom is -0.480 e. The van der Waals surface area contributed by atoms with Gasteiger partial charge in [0.05, 0.1) is 0 Å². The van der Waals surface area contributed by atoms with E-state index in [2.05, 4.69) is 12.0 Å². The van der Waals surface area contributed by atoms with Gasteiger partial charge >= 0.3 is 5.97 Å². The van der Waals surface area contributed by atoms with Gasteiger partial charge in [0.2, 0.25) is 0 Å².